The van der Waals surface area contributed by atoms with Crippen molar-refractivity contribution in [1.82, 2.24) is 5.32 Å². The quantitative estimate of drug-likeness (QED) is 0.561. The van der Waals surface area contributed by atoms with E-state index in [-0.39, 0.29) is 5.91 Å². The van der Waals surface area contributed by atoms with E-state index in [9.17, 15) is 14.7 Å². The summed E-state index contributed by atoms with van der Waals surface area (Å²) in [7, 11) is 1.59. The molecular weight excluding hydrogens is 234 g/mol. The molecule has 0 spiro atoms. The van der Waals surface area contributed by atoms with Gasteiger partial charge in [0.15, 0.2) is 0 Å². The average Bonchev–Trinajstić information content (AvgIpc) is 2.56. The Bertz CT molecular complexity index is 283. The Morgan fingerprint density at radius 3 is 2.33 bits per heavy atom. The van der Waals surface area contributed by atoms with E-state index in [2.05, 4.69) is 5.32 Å². The second-order valence-corrected chi connectivity index (χ2v) is 4.95. The molecule has 1 saturated carbocycles. The Balaban J connectivity index is 2.55. The highest BCUT2D eigenvalue weighted by molar-refractivity contribution is 5.87. The molecule has 0 aromatic heterocycles. The molecule has 1 amide bonds. The number of rotatable bonds is 6. The molecule has 0 radical (unpaired) electrons. The number of hydrogen-bond acceptors (Lipinski definition) is 3. The number of hydrogen-bond donors (Lipinski definition) is 2. The second kappa shape index (κ2) is 7.36. The zero-order chi connectivity index (χ0) is 13.4. The lowest BCUT2D eigenvalue weighted by molar-refractivity contribution is -0.148. The van der Waals surface area contributed by atoms with Crippen LogP contribution in [0.4, 0.5) is 0 Å². The average molecular weight is 257 g/mol. The Hall–Kier alpha value is -1.10. The van der Waals surface area contributed by atoms with Gasteiger partial charge in [-0.05, 0) is 19.3 Å². The predicted octanol–water partition coefficient (Wildman–Crippen LogP) is 1.71. The van der Waals surface area contributed by atoms with Crippen molar-refractivity contribution in [2.24, 2.45) is 0 Å². The number of carboxylic acids is 1. The molecule has 0 atom stereocenters. The van der Waals surface area contributed by atoms with E-state index < -0.39 is 11.5 Å². The minimum absolute atomic E-state index is 0.184. The van der Waals surface area contributed by atoms with Gasteiger partial charge in [-0.3, -0.25) is 4.79 Å². The molecule has 5 nitrogen and oxygen atoms in total. The van der Waals surface area contributed by atoms with Gasteiger partial charge in [0.25, 0.3) is 0 Å². The minimum atomic E-state index is -1.04. The zero-order valence-corrected chi connectivity index (χ0v) is 11.0. The molecule has 0 unspecified atom stereocenters. The van der Waals surface area contributed by atoms with Crippen molar-refractivity contribution < 1.29 is 19.4 Å². The molecule has 104 valence electrons. The number of carbonyl (C=O) groups excluding carboxylic acids is 1. The van der Waals surface area contributed by atoms with Crippen molar-refractivity contribution in [3.8, 4) is 0 Å². The summed E-state index contributed by atoms with van der Waals surface area (Å²) in [6.07, 6.45) is 5.86. The van der Waals surface area contributed by atoms with Crippen LogP contribution in [-0.4, -0.2) is 36.2 Å². The van der Waals surface area contributed by atoms with Crippen LogP contribution in [0.5, 0.6) is 0 Å². The molecule has 0 saturated heterocycles. The summed E-state index contributed by atoms with van der Waals surface area (Å²) >= 11 is 0. The van der Waals surface area contributed by atoms with Gasteiger partial charge in [-0.15, -0.1) is 0 Å². The van der Waals surface area contributed by atoms with Crippen LogP contribution in [0.1, 0.15) is 51.4 Å². The van der Waals surface area contributed by atoms with Crippen molar-refractivity contribution in [2.75, 3.05) is 13.7 Å². The molecule has 2 N–H and O–H groups in total. The number of methoxy groups -OCH3 is 1. The maximum Gasteiger partial charge on any atom is 0.329 e. The Labute approximate surface area is 108 Å². The van der Waals surface area contributed by atoms with E-state index in [0.29, 0.717) is 32.3 Å². The van der Waals surface area contributed by atoms with E-state index in [1.54, 1.807) is 7.11 Å². The second-order valence-electron chi connectivity index (χ2n) is 4.95. The number of amides is 1. The van der Waals surface area contributed by atoms with Gasteiger partial charge in [-0.25, -0.2) is 4.79 Å². The lowest BCUT2D eigenvalue weighted by Crippen LogP contribution is -2.54. The Morgan fingerprint density at radius 2 is 1.83 bits per heavy atom. The number of nitrogens with one attached hydrogen (secondary N) is 1. The molecule has 0 aromatic carbocycles. The first-order valence-electron chi connectivity index (χ1n) is 6.64. The topological polar surface area (TPSA) is 75.6 Å². The predicted molar refractivity (Wildman–Crippen MR) is 67.3 cm³/mol. The van der Waals surface area contributed by atoms with Crippen LogP contribution < -0.4 is 5.32 Å². The van der Waals surface area contributed by atoms with Gasteiger partial charge in [-0.2, -0.15) is 0 Å². The van der Waals surface area contributed by atoms with Crippen molar-refractivity contribution in [3.05, 3.63) is 0 Å². The highest BCUT2D eigenvalue weighted by Gasteiger charge is 2.39. The summed E-state index contributed by atoms with van der Waals surface area (Å²) < 4.78 is 4.88. The maximum absolute atomic E-state index is 11.8. The van der Waals surface area contributed by atoms with Gasteiger partial charge in [0, 0.05) is 20.1 Å². The maximum atomic E-state index is 11.8. The van der Waals surface area contributed by atoms with E-state index in [1.165, 1.54) is 0 Å². The summed E-state index contributed by atoms with van der Waals surface area (Å²) in [6, 6.07) is 0. The van der Waals surface area contributed by atoms with Gasteiger partial charge >= 0.3 is 5.97 Å². The van der Waals surface area contributed by atoms with Crippen LogP contribution in [0.25, 0.3) is 0 Å². The van der Waals surface area contributed by atoms with Crippen LogP contribution in [0.15, 0.2) is 0 Å². The highest BCUT2D eigenvalue weighted by Crippen LogP contribution is 2.27. The molecule has 5 heteroatoms. The summed E-state index contributed by atoms with van der Waals surface area (Å²) in [6.45, 7) is 0.521. The molecule has 1 rings (SSSR count). The van der Waals surface area contributed by atoms with Crippen molar-refractivity contribution >= 4 is 11.9 Å². The molecule has 0 aromatic rings. The third-order valence-electron chi connectivity index (χ3n) is 3.50. The molecule has 1 aliphatic rings. The molecule has 0 heterocycles. The molecule has 0 aliphatic heterocycles. The lowest BCUT2D eigenvalue weighted by atomic mass is 9.90. The first-order chi connectivity index (χ1) is 8.60. The summed E-state index contributed by atoms with van der Waals surface area (Å²) in [5, 5.41) is 12.1. The molecular formula is C13H23NO4. The number of carboxylic acid groups (broad SMARTS) is 1. The Morgan fingerprint density at radius 1 is 1.22 bits per heavy atom. The molecule has 1 fully saturated rings. The third-order valence-corrected chi connectivity index (χ3v) is 3.50. The monoisotopic (exact) mass is 257 g/mol. The van der Waals surface area contributed by atoms with E-state index in [1.807, 2.05) is 0 Å². The van der Waals surface area contributed by atoms with Gasteiger partial charge in [0.1, 0.15) is 5.54 Å². The van der Waals surface area contributed by atoms with E-state index >= 15 is 0 Å². The number of ether oxygens (including phenoxy) is 1. The smallest absolute Gasteiger partial charge is 0.329 e. The van der Waals surface area contributed by atoms with Gasteiger partial charge in [0.05, 0.1) is 0 Å². The molecule has 0 bridgehead atoms. The Kier molecular flexibility index (Phi) is 6.12. The van der Waals surface area contributed by atoms with Crippen LogP contribution >= 0.6 is 0 Å². The summed E-state index contributed by atoms with van der Waals surface area (Å²) in [5.41, 5.74) is -1.04. The SMILES string of the molecule is COCCCC(=O)NC1(C(=O)O)CCCCCC1. The van der Waals surface area contributed by atoms with Crippen molar-refractivity contribution in [1.29, 1.82) is 0 Å². The van der Waals surface area contributed by atoms with Crippen LogP contribution in [0, 0.1) is 0 Å². The number of carbonyl (C=O) groups is 2. The standard InChI is InChI=1S/C13H23NO4/c1-18-10-6-7-11(15)14-13(12(16)17)8-4-2-3-5-9-13/h2-10H2,1H3,(H,14,15)(H,16,17). The minimum Gasteiger partial charge on any atom is -0.480 e. The highest BCUT2D eigenvalue weighted by atomic mass is 16.5. The fourth-order valence-corrected chi connectivity index (χ4v) is 2.43. The van der Waals surface area contributed by atoms with Gasteiger partial charge in [-0.1, -0.05) is 25.7 Å². The summed E-state index contributed by atoms with van der Waals surface area (Å²) in [5.74, 6) is -1.08. The van der Waals surface area contributed by atoms with Crippen molar-refractivity contribution in [3.63, 3.8) is 0 Å². The first kappa shape index (κ1) is 15.0. The zero-order valence-electron chi connectivity index (χ0n) is 11.0. The van der Waals surface area contributed by atoms with Crippen LogP contribution in [0.3, 0.4) is 0 Å². The summed E-state index contributed by atoms with van der Waals surface area (Å²) in [4.78, 5) is 23.2. The molecule has 1 aliphatic carbocycles. The normalized spacial score (nSPS) is 18.9. The van der Waals surface area contributed by atoms with Crippen molar-refractivity contribution in [2.45, 2.75) is 56.9 Å². The van der Waals surface area contributed by atoms with E-state index in [0.717, 1.165) is 25.7 Å². The van der Waals surface area contributed by atoms with Crippen LogP contribution in [-0.2, 0) is 14.3 Å². The van der Waals surface area contributed by atoms with Gasteiger partial charge in [0.2, 0.25) is 5.91 Å². The van der Waals surface area contributed by atoms with Crippen LogP contribution in [0.2, 0.25) is 0 Å². The first-order valence-corrected chi connectivity index (χ1v) is 6.64. The molecule has 18 heavy (non-hydrogen) atoms. The number of aliphatic carboxylic acids is 1. The fraction of sp³-hybridized carbons (Fsp3) is 0.846. The fourth-order valence-electron chi connectivity index (χ4n) is 2.43. The van der Waals surface area contributed by atoms with Gasteiger partial charge < -0.3 is 15.2 Å². The third kappa shape index (κ3) is 4.29. The lowest BCUT2D eigenvalue weighted by Gasteiger charge is -2.29. The van der Waals surface area contributed by atoms with E-state index in [4.69, 9.17) is 4.74 Å². The largest absolute Gasteiger partial charge is 0.480 e.